The van der Waals surface area contributed by atoms with Crippen molar-refractivity contribution in [1.29, 1.82) is 0 Å². The first-order valence-electron chi connectivity index (χ1n) is 7.01. The molecule has 1 amide bonds. The molecule has 1 aliphatic heterocycles. The van der Waals surface area contributed by atoms with Gasteiger partial charge < -0.3 is 20.9 Å². The number of hydrogen-bond donors (Lipinski definition) is 3. The lowest BCUT2D eigenvalue weighted by Gasteiger charge is -2.17. The lowest BCUT2D eigenvalue weighted by Crippen LogP contribution is -2.31. The molecule has 0 radical (unpaired) electrons. The molecule has 1 aliphatic rings. The van der Waals surface area contributed by atoms with E-state index in [0.29, 0.717) is 29.8 Å². The molecule has 0 saturated carbocycles. The summed E-state index contributed by atoms with van der Waals surface area (Å²) in [4.78, 5) is 20.5. The number of ether oxygens (including phenoxy) is 1. The van der Waals surface area contributed by atoms with Crippen LogP contribution in [0.3, 0.4) is 0 Å². The Kier molecular flexibility index (Phi) is 7.37. The van der Waals surface area contributed by atoms with Crippen LogP contribution in [0.15, 0.2) is 30.1 Å². The predicted molar refractivity (Wildman–Crippen MR) is 79.9 cm³/mol. The normalized spacial score (nSPS) is 14.0. The summed E-state index contributed by atoms with van der Waals surface area (Å²) in [7, 11) is 0. The van der Waals surface area contributed by atoms with Gasteiger partial charge in [0.2, 0.25) is 0 Å². The van der Waals surface area contributed by atoms with Gasteiger partial charge in [0.1, 0.15) is 12.4 Å². The van der Waals surface area contributed by atoms with Gasteiger partial charge in [0.25, 0.3) is 5.91 Å². The summed E-state index contributed by atoms with van der Waals surface area (Å²) in [5.41, 5.74) is 7.33. The van der Waals surface area contributed by atoms with Gasteiger partial charge >= 0.3 is 12.1 Å². The summed E-state index contributed by atoms with van der Waals surface area (Å²) < 4.78 is 49.4. The molecule has 0 spiro atoms. The average Bonchev–Trinajstić information content (AvgIpc) is 2.56. The van der Waals surface area contributed by atoms with E-state index < -0.39 is 12.1 Å². The molecule has 1 aromatic rings. The number of hydrogen-bond acceptors (Lipinski definition) is 4. The molecule has 1 aromatic carbocycles. The van der Waals surface area contributed by atoms with Crippen LogP contribution in [0.4, 0.5) is 17.6 Å². The molecule has 0 aromatic heterocycles. The summed E-state index contributed by atoms with van der Waals surface area (Å²) in [5.74, 6) is -2.31. The lowest BCUT2D eigenvalue weighted by atomic mass is 10.0. The van der Waals surface area contributed by atoms with E-state index in [1.807, 2.05) is 6.07 Å². The highest BCUT2D eigenvalue weighted by Gasteiger charge is 2.38. The molecule has 0 saturated heterocycles. The van der Waals surface area contributed by atoms with Crippen LogP contribution in [0.1, 0.15) is 15.9 Å². The van der Waals surface area contributed by atoms with Gasteiger partial charge in [-0.2, -0.15) is 13.2 Å². The topological polar surface area (TPSA) is 102 Å². The van der Waals surface area contributed by atoms with Crippen molar-refractivity contribution < 1.29 is 37.0 Å². The van der Waals surface area contributed by atoms with Crippen molar-refractivity contribution in [3.8, 4) is 5.75 Å². The Hall–Kier alpha value is -2.62. The molecule has 25 heavy (non-hydrogen) atoms. The Balaban J connectivity index is 0.000000381. The molecule has 0 fully saturated rings. The third-order valence-corrected chi connectivity index (χ3v) is 3.09. The summed E-state index contributed by atoms with van der Waals surface area (Å²) in [6.07, 6.45) is -3.81. The summed E-state index contributed by atoms with van der Waals surface area (Å²) >= 11 is 0. The van der Waals surface area contributed by atoms with Gasteiger partial charge in [-0.25, -0.2) is 9.18 Å². The van der Waals surface area contributed by atoms with Gasteiger partial charge in [0, 0.05) is 24.2 Å². The molecule has 1 heterocycles. The SMILES string of the molecule is NC/C(=C/F)COc1ccc2c(c1)C(=O)NCC2.O=C(O)C(F)(F)F. The van der Waals surface area contributed by atoms with E-state index in [1.165, 1.54) is 0 Å². The minimum absolute atomic E-state index is 0.0907. The molecule has 0 atom stereocenters. The van der Waals surface area contributed by atoms with Crippen LogP contribution >= 0.6 is 0 Å². The number of carboxylic acid groups (broad SMARTS) is 1. The first kappa shape index (κ1) is 20.4. The van der Waals surface area contributed by atoms with E-state index in [1.54, 1.807) is 12.1 Å². The van der Waals surface area contributed by atoms with E-state index in [9.17, 15) is 22.4 Å². The highest BCUT2D eigenvalue weighted by molar-refractivity contribution is 5.97. The zero-order chi connectivity index (χ0) is 19.0. The van der Waals surface area contributed by atoms with Crippen molar-refractivity contribution in [2.75, 3.05) is 19.7 Å². The minimum atomic E-state index is -5.08. The van der Waals surface area contributed by atoms with E-state index >= 15 is 0 Å². The maximum Gasteiger partial charge on any atom is 0.490 e. The maximum absolute atomic E-state index is 12.3. The third kappa shape index (κ3) is 6.42. The molecule has 6 nitrogen and oxygen atoms in total. The number of amides is 1. The van der Waals surface area contributed by atoms with Crippen molar-refractivity contribution in [2.24, 2.45) is 5.73 Å². The standard InChI is InChI=1S/C13H15FN2O2.C2HF3O2/c14-6-9(7-15)8-18-11-2-1-10-3-4-16-13(17)12(10)5-11;3-2(4,5)1(6)7/h1-2,5-6H,3-4,7-8,15H2,(H,16,17);(H,6,7)/b9-6-;. The predicted octanol–water partition coefficient (Wildman–Crippen LogP) is 1.80. The second-order valence-electron chi connectivity index (χ2n) is 4.89. The number of fused-ring (bicyclic) bond motifs is 1. The van der Waals surface area contributed by atoms with Crippen LogP contribution in [0.2, 0.25) is 0 Å². The number of nitrogens with two attached hydrogens (primary N) is 1. The van der Waals surface area contributed by atoms with E-state index in [2.05, 4.69) is 5.32 Å². The van der Waals surface area contributed by atoms with Crippen LogP contribution in [-0.4, -0.2) is 42.9 Å². The Morgan fingerprint density at radius 1 is 1.40 bits per heavy atom. The molecular weight excluding hydrogens is 348 g/mol. The second-order valence-corrected chi connectivity index (χ2v) is 4.89. The Morgan fingerprint density at radius 2 is 2.04 bits per heavy atom. The Morgan fingerprint density at radius 3 is 2.56 bits per heavy atom. The van der Waals surface area contributed by atoms with Gasteiger partial charge in [0.15, 0.2) is 0 Å². The molecule has 0 bridgehead atoms. The van der Waals surface area contributed by atoms with Crippen LogP contribution in [0.5, 0.6) is 5.75 Å². The van der Waals surface area contributed by atoms with Gasteiger partial charge in [0.05, 0.1) is 6.33 Å². The van der Waals surface area contributed by atoms with E-state index in [4.69, 9.17) is 20.4 Å². The van der Waals surface area contributed by atoms with E-state index in [0.717, 1.165) is 12.0 Å². The first-order chi connectivity index (χ1) is 11.7. The number of halogens is 4. The van der Waals surface area contributed by atoms with Crippen LogP contribution in [-0.2, 0) is 11.2 Å². The monoisotopic (exact) mass is 364 g/mol. The number of carbonyl (C=O) groups excluding carboxylic acids is 1. The smallest absolute Gasteiger partial charge is 0.489 e. The average molecular weight is 364 g/mol. The number of aliphatic carboxylic acids is 1. The molecule has 2 rings (SSSR count). The third-order valence-electron chi connectivity index (χ3n) is 3.09. The van der Waals surface area contributed by atoms with Gasteiger partial charge in [-0.1, -0.05) is 6.07 Å². The molecule has 4 N–H and O–H groups in total. The van der Waals surface area contributed by atoms with Crippen molar-refractivity contribution in [3.63, 3.8) is 0 Å². The number of carbonyl (C=O) groups is 2. The Bertz CT molecular complexity index is 659. The van der Waals surface area contributed by atoms with Crippen molar-refractivity contribution in [3.05, 3.63) is 41.2 Å². The highest BCUT2D eigenvalue weighted by atomic mass is 19.4. The summed E-state index contributed by atoms with van der Waals surface area (Å²) in [6, 6.07) is 5.32. The van der Waals surface area contributed by atoms with Gasteiger partial charge in [-0.05, 0) is 24.1 Å². The van der Waals surface area contributed by atoms with Gasteiger partial charge in [-0.3, -0.25) is 4.79 Å². The molecule has 0 aliphatic carbocycles. The number of alkyl halides is 3. The van der Waals surface area contributed by atoms with E-state index in [-0.39, 0.29) is 19.1 Å². The fourth-order valence-electron chi connectivity index (χ4n) is 1.79. The minimum Gasteiger partial charge on any atom is -0.489 e. The maximum atomic E-state index is 12.3. The summed E-state index contributed by atoms with van der Waals surface area (Å²) in [6.45, 7) is 0.864. The van der Waals surface area contributed by atoms with Crippen molar-refractivity contribution in [2.45, 2.75) is 12.6 Å². The molecule has 0 unspecified atom stereocenters. The summed E-state index contributed by atoms with van der Waals surface area (Å²) in [5, 5.41) is 9.89. The largest absolute Gasteiger partial charge is 0.490 e. The number of carboxylic acids is 1. The molecule has 10 heteroatoms. The van der Waals surface area contributed by atoms with Crippen LogP contribution in [0, 0.1) is 0 Å². The Labute approximate surface area is 140 Å². The fourth-order valence-corrected chi connectivity index (χ4v) is 1.79. The number of benzene rings is 1. The van der Waals surface area contributed by atoms with Crippen LogP contribution in [0.25, 0.3) is 0 Å². The highest BCUT2D eigenvalue weighted by Crippen LogP contribution is 2.21. The fraction of sp³-hybridized carbons (Fsp3) is 0.333. The second kappa shape index (κ2) is 9.02. The number of rotatable bonds is 4. The quantitative estimate of drug-likeness (QED) is 0.707. The zero-order valence-electron chi connectivity index (χ0n) is 12.9. The molecule has 138 valence electrons. The number of nitrogens with one attached hydrogen (secondary N) is 1. The first-order valence-corrected chi connectivity index (χ1v) is 7.01. The van der Waals surface area contributed by atoms with Crippen LogP contribution < -0.4 is 15.8 Å². The van der Waals surface area contributed by atoms with Crippen molar-refractivity contribution in [1.82, 2.24) is 5.32 Å². The van der Waals surface area contributed by atoms with Crippen molar-refractivity contribution >= 4 is 11.9 Å². The van der Waals surface area contributed by atoms with Gasteiger partial charge in [-0.15, -0.1) is 0 Å². The molecular formula is C15H16F4N2O4. The lowest BCUT2D eigenvalue weighted by molar-refractivity contribution is -0.192. The zero-order valence-corrected chi connectivity index (χ0v) is 12.9.